The number of carbonyl (C=O) groups is 4. The molecule has 27 heavy (non-hydrogen) atoms. The molecule has 1 aliphatic heterocycles. The summed E-state index contributed by atoms with van der Waals surface area (Å²) in [5, 5.41) is 8.30. The van der Waals surface area contributed by atoms with Crippen molar-refractivity contribution in [2.45, 2.75) is 50.1 Å². The molecule has 2 saturated carbocycles. The van der Waals surface area contributed by atoms with Crippen LogP contribution in [0, 0.1) is 0 Å². The van der Waals surface area contributed by atoms with E-state index in [-0.39, 0.29) is 24.4 Å². The lowest BCUT2D eigenvalue weighted by atomic mass is 9.98. The van der Waals surface area contributed by atoms with E-state index in [4.69, 9.17) is 0 Å². The maximum Gasteiger partial charge on any atom is 0.325 e. The molecule has 8 nitrogen and oxygen atoms in total. The van der Waals surface area contributed by atoms with Crippen molar-refractivity contribution in [2.75, 3.05) is 11.9 Å². The molecule has 8 heteroatoms. The fourth-order valence-electron chi connectivity index (χ4n) is 3.72. The highest BCUT2D eigenvalue weighted by Crippen LogP contribution is 2.34. The lowest BCUT2D eigenvalue weighted by molar-refractivity contribution is -0.133. The van der Waals surface area contributed by atoms with Gasteiger partial charge in [-0.3, -0.25) is 19.3 Å². The molecule has 0 atom stereocenters. The van der Waals surface area contributed by atoms with E-state index in [1.807, 2.05) is 0 Å². The van der Waals surface area contributed by atoms with Crippen LogP contribution >= 0.6 is 0 Å². The van der Waals surface area contributed by atoms with Crippen LogP contribution < -0.4 is 16.0 Å². The van der Waals surface area contributed by atoms with E-state index in [1.54, 1.807) is 24.3 Å². The van der Waals surface area contributed by atoms with Crippen LogP contribution in [0.15, 0.2) is 24.3 Å². The fraction of sp³-hybridized carbons (Fsp3) is 0.474. The summed E-state index contributed by atoms with van der Waals surface area (Å²) in [6, 6.07) is 6.33. The van der Waals surface area contributed by atoms with Crippen molar-refractivity contribution in [1.29, 1.82) is 0 Å². The van der Waals surface area contributed by atoms with Crippen molar-refractivity contribution in [3.8, 4) is 0 Å². The number of urea groups is 1. The van der Waals surface area contributed by atoms with Crippen molar-refractivity contribution < 1.29 is 19.2 Å². The smallest absolute Gasteiger partial charge is 0.325 e. The van der Waals surface area contributed by atoms with Gasteiger partial charge in [0.2, 0.25) is 5.91 Å². The molecule has 0 aromatic heterocycles. The minimum Gasteiger partial charge on any atom is -0.349 e. The maximum absolute atomic E-state index is 12.6. The van der Waals surface area contributed by atoms with Gasteiger partial charge in [-0.05, 0) is 43.9 Å². The molecule has 3 N–H and O–H groups in total. The highest BCUT2D eigenvalue weighted by atomic mass is 16.2. The van der Waals surface area contributed by atoms with Crippen molar-refractivity contribution in [2.24, 2.45) is 0 Å². The molecule has 1 spiro atoms. The van der Waals surface area contributed by atoms with Crippen LogP contribution in [0.25, 0.3) is 0 Å². The predicted molar refractivity (Wildman–Crippen MR) is 97.0 cm³/mol. The summed E-state index contributed by atoms with van der Waals surface area (Å²) in [5.41, 5.74) is 0.0868. The quantitative estimate of drug-likeness (QED) is 0.681. The summed E-state index contributed by atoms with van der Waals surface area (Å²) < 4.78 is 0. The Morgan fingerprint density at radius 3 is 2.63 bits per heavy atom. The van der Waals surface area contributed by atoms with Crippen molar-refractivity contribution >= 4 is 29.4 Å². The zero-order valence-corrected chi connectivity index (χ0v) is 14.9. The van der Waals surface area contributed by atoms with Crippen molar-refractivity contribution in [1.82, 2.24) is 15.5 Å². The maximum atomic E-state index is 12.6. The lowest BCUT2D eigenvalue weighted by Crippen LogP contribution is -2.44. The summed E-state index contributed by atoms with van der Waals surface area (Å²) in [6.45, 7) is -0.342. The minimum absolute atomic E-state index is 0.175. The van der Waals surface area contributed by atoms with Crippen molar-refractivity contribution in [3.63, 3.8) is 0 Å². The molecule has 4 rings (SSSR count). The van der Waals surface area contributed by atoms with Gasteiger partial charge in [-0.15, -0.1) is 0 Å². The van der Waals surface area contributed by atoms with E-state index < -0.39 is 17.5 Å². The topological polar surface area (TPSA) is 108 Å². The van der Waals surface area contributed by atoms with Gasteiger partial charge in [0.05, 0.1) is 0 Å². The number of anilines is 1. The Bertz CT molecular complexity index is 812. The van der Waals surface area contributed by atoms with E-state index in [9.17, 15) is 19.2 Å². The molecule has 0 radical (unpaired) electrons. The van der Waals surface area contributed by atoms with Gasteiger partial charge in [0.15, 0.2) is 0 Å². The van der Waals surface area contributed by atoms with Crippen LogP contribution in [-0.2, 0) is 9.59 Å². The van der Waals surface area contributed by atoms with Crippen LogP contribution in [0.5, 0.6) is 0 Å². The Morgan fingerprint density at radius 1 is 1.19 bits per heavy atom. The normalized spacial score (nSPS) is 20.7. The van der Waals surface area contributed by atoms with Gasteiger partial charge < -0.3 is 16.0 Å². The molecule has 5 amide bonds. The molecule has 1 heterocycles. The second-order valence-corrected chi connectivity index (χ2v) is 7.49. The number of nitrogens with one attached hydrogen (secondary N) is 3. The summed E-state index contributed by atoms with van der Waals surface area (Å²) in [4.78, 5) is 50.2. The molecule has 0 unspecified atom stereocenters. The Labute approximate surface area is 156 Å². The van der Waals surface area contributed by atoms with Crippen LogP contribution in [0.3, 0.4) is 0 Å². The molecule has 1 aromatic rings. The summed E-state index contributed by atoms with van der Waals surface area (Å²) in [6.07, 6.45) is 5.01. The zero-order chi connectivity index (χ0) is 19.0. The van der Waals surface area contributed by atoms with Gasteiger partial charge in [0.1, 0.15) is 12.1 Å². The summed E-state index contributed by atoms with van der Waals surface area (Å²) in [7, 11) is 0. The first-order valence-electron chi connectivity index (χ1n) is 9.32. The van der Waals surface area contributed by atoms with Crippen LogP contribution in [0.1, 0.15) is 48.9 Å². The van der Waals surface area contributed by atoms with Gasteiger partial charge >= 0.3 is 6.03 Å². The molecule has 3 aliphatic rings. The van der Waals surface area contributed by atoms with E-state index in [0.29, 0.717) is 24.1 Å². The number of nitrogens with zero attached hydrogens (tertiary/aromatic N) is 1. The second kappa shape index (κ2) is 6.68. The van der Waals surface area contributed by atoms with Gasteiger partial charge in [-0.1, -0.05) is 18.9 Å². The zero-order valence-electron chi connectivity index (χ0n) is 14.9. The molecular formula is C19H22N4O4. The Balaban J connectivity index is 1.38. The third kappa shape index (κ3) is 3.51. The average molecular weight is 370 g/mol. The fourth-order valence-corrected chi connectivity index (χ4v) is 3.72. The van der Waals surface area contributed by atoms with E-state index in [1.165, 1.54) is 0 Å². The largest absolute Gasteiger partial charge is 0.349 e. The van der Waals surface area contributed by atoms with E-state index in [2.05, 4.69) is 16.0 Å². The molecule has 1 saturated heterocycles. The first-order chi connectivity index (χ1) is 13.0. The molecular weight excluding hydrogens is 348 g/mol. The number of imide groups is 1. The van der Waals surface area contributed by atoms with Crippen LogP contribution in [0.4, 0.5) is 10.5 Å². The number of rotatable bonds is 5. The third-order valence-corrected chi connectivity index (χ3v) is 5.33. The Hall–Kier alpha value is -2.90. The monoisotopic (exact) mass is 370 g/mol. The van der Waals surface area contributed by atoms with E-state index in [0.717, 1.165) is 30.6 Å². The molecule has 2 aliphatic carbocycles. The molecule has 142 valence electrons. The number of hydrogen-bond acceptors (Lipinski definition) is 4. The highest BCUT2D eigenvalue weighted by Gasteiger charge is 2.52. The minimum atomic E-state index is -0.821. The molecule has 1 aromatic carbocycles. The van der Waals surface area contributed by atoms with Gasteiger partial charge in [-0.2, -0.15) is 0 Å². The summed E-state index contributed by atoms with van der Waals surface area (Å²) in [5.74, 6) is -0.975. The first kappa shape index (κ1) is 17.5. The molecule has 3 fully saturated rings. The third-order valence-electron chi connectivity index (χ3n) is 5.33. The Kier molecular flexibility index (Phi) is 4.33. The van der Waals surface area contributed by atoms with Crippen LogP contribution in [-0.4, -0.2) is 46.8 Å². The predicted octanol–water partition coefficient (Wildman–Crippen LogP) is 1.38. The second-order valence-electron chi connectivity index (χ2n) is 7.49. The average Bonchev–Trinajstić information content (AvgIpc) is 3.28. The highest BCUT2D eigenvalue weighted by molar-refractivity contribution is 6.10. The lowest BCUT2D eigenvalue weighted by Gasteiger charge is -2.19. The first-order valence-corrected chi connectivity index (χ1v) is 9.32. The van der Waals surface area contributed by atoms with Gasteiger partial charge in [0.25, 0.3) is 11.8 Å². The number of carbonyl (C=O) groups excluding carboxylic acids is 4. The standard InChI is InChI=1S/C19H22N4O4/c24-15(11-23-17(26)19(22-18(23)27)8-1-2-9-19)20-14-5-3-4-12(10-14)16(25)21-13-6-7-13/h3-5,10,13H,1-2,6-9,11H2,(H,20,24)(H,21,25)(H,22,27). The molecule has 0 bridgehead atoms. The van der Waals surface area contributed by atoms with E-state index >= 15 is 0 Å². The van der Waals surface area contributed by atoms with Gasteiger partial charge in [-0.25, -0.2) is 4.79 Å². The number of benzene rings is 1. The Morgan fingerprint density at radius 2 is 1.93 bits per heavy atom. The SMILES string of the molecule is O=C(CN1C(=O)NC2(CCCC2)C1=O)Nc1cccc(C(=O)NC2CC2)c1. The summed E-state index contributed by atoms with van der Waals surface area (Å²) >= 11 is 0. The number of amides is 5. The van der Waals surface area contributed by atoms with Crippen LogP contribution in [0.2, 0.25) is 0 Å². The van der Waals surface area contributed by atoms with Crippen molar-refractivity contribution in [3.05, 3.63) is 29.8 Å². The number of hydrogen-bond donors (Lipinski definition) is 3. The van der Waals surface area contributed by atoms with Gasteiger partial charge in [0, 0.05) is 17.3 Å².